The Balaban J connectivity index is 1.54. The van der Waals surface area contributed by atoms with E-state index < -0.39 is 5.91 Å². The molecule has 25 heavy (non-hydrogen) atoms. The van der Waals surface area contributed by atoms with Gasteiger partial charge in [-0.05, 0) is 42.0 Å². The number of carbonyl (C=O) groups excluding carboxylic acids is 1. The third-order valence-corrected chi connectivity index (χ3v) is 4.45. The molecule has 0 atom stereocenters. The number of nitrogens with two attached hydrogens (primary N) is 1. The monoisotopic (exact) mass is 374 g/mol. The van der Waals surface area contributed by atoms with Gasteiger partial charge in [0.1, 0.15) is 12.4 Å². The Hall–Kier alpha value is -2.51. The Morgan fingerprint density at radius 2 is 2.04 bits per heavy atom. The standard InChI is InChI=1S/C17H15ClN4O2S/c18-13-4-6-14(7-5-13)24-9-15-20-17(22-21-15)25-10-11-2-1-3-12(8-11)16(19)23/h1-8H,9-10H2,(H2,19,23)(H,20,21,22). The Labute approximate surface area is 153 Å². The lowest BCUT2D eigenvalue weighted by Gasteiger charge is -2.03. The van der Waals surface area contributed by atoms with Crippen molar-refractivity contribution in [3.8, 4) is 5.75 Å². The van der Waals surface area contributed by atoms with Gasteiger partial charge in [0, 0.05) is 16.3 Å². The summed E-state index contributed by atoms with van der Waals surface area (Å²) in [5.41, 5.74) is 6.75. The number of halogens is 1. The van der Waals surface area contributed by atoms with Crippen molar-refractivity contribution in [2.75, 3.05) is 0 Å². The van der Waals surface area contributed by atoms with Crippen LogP contribution in [0.5, 0.6) is 5.75 Å². The minimum atomic E-state index is -0.439. The zero-order chi connectivity index (χ0) is 17.6. The first-order valence-electron chi connectivity index (χ1n) is 7.41. The van der Waals surface area contributed by atoms with Crippen LogP contribution in [0.1, 0.15) is 21.7 Å². The number of rotatable bonds is 7. The molecule has 3 rings (SSSR count). The second-order valence-corrected chi connectivity index (χ2v) is 6.54. The molecular weight excluding hydrogens is 360 g/mol. The largest absolute Gasteiger partial charge is 0.486 e. The average molecular weight is 375 g/mol. The van der Waals surface area contributed by atoms with Crippen molar-refractivity contribution >= 4 is 29.3 Å². The molecule has 0 bridgehead atoms. The fourth-order valence-electron chi connectivity index (χ4n) is 2.05. The summed E-state index contributed by atoms with van der Waals surface area (Å²) in [6, 6.07) is 14.3. The van der Waals surface area contributed by atoms with Crippen LogP contribution in [0.4, 0.5) is 0 Å². The summed E-state index contributed by atoms with van der Waals surface area (Å²) in [4.78, 5) is 15.6. The molecule has 0 aliphatic rings. The highest BCUT2D eigenvalue weighted by Crippen LogP contribution is 2.20. The maximum absolute atomic E-state index is 11.2. The molecule has 1 aromatic heterocycles. The summed E-state index contributed by atoms with van der Waals surface area (Å²) in [7, 11) is 0. The second-order valence-electron chi connectivity index (χ2n) is 5.16. The lowest BCUT2D eigenvalue weighted by molar-refractivity contribution is 0.1000. The van der Waals surface area contributed by atoms with Crippen LogP contribution >= 0.6 is 23.4 Å². The number of carbonyl (C=O) groups is 1. The SMILES string of the molecule is NC(=O)c1cccc(CSc2n[nH]c(COc3ccc(Cl)cc3)n2)c1. The molecule has 2 aromatic carbocycles. The summed E-state index contributed by atoms with van der Waals surface area (Å²) >= 11 is 7.29. The third kappa shape index (κ3) is 4.98. The van der Waals surface area contributed by atoms with Crippen LogP contribution in [0.3, 0.4) is 0 Å². The van der Waals surface area contributed by atoms with Crippen LogP contribution < -0.4 is 10.5 Å². The van der Waals surface area contributed by atoms with Crippen molar-refractivity contribution < 1.29 is 9.53 Å². The van der Waals surface area contributed by atoms with Crippen molar-refractivity contribution in [2.45, 2.75) is 17.5 Å². The van der Waals surface area contributed by atoms with E-state index in [1.165, 1.54) is 11.8 Å². The van der Waals surface area contributed by atoms with E-state index in [1.54, 1.807) is 42.5 Å². The number of benzene rings is 2. The molecule has 0 aliphatic heterocycles. The van der Waals surface area contributed by atoms with Gasteiger partial charge in [-0.3, -0.25) is 9.89 Å². The van der Waals surface area contributed by atoms with E-state index in [0.717, 1.165) is 5.56 Å². The second kappa shape index (κ2) is 8.04. The summed E-state index contributed by atoms with van der Waals surface area (Å²) in [5, 5.41) is 8.26. The van der Waals surface area contributed by atoms with Crippen LogP contribution in [0.15, 0.2) is 53.7 Å². The third-order valence-electron chi connectivity index (χ3n) is 3.28. The first kappa shape index (κ1) is 17.3. The first-order chi connectivity index (χ1) is 12.1. The Bertz CT molecular complexity index is 867. The molecule has 0 fully saturated rings. The maximum Gasteiger partial charge on any atom is 0.248 e. The molecule has 0 unspecified atom stereocenters. The van der Waals surface area contributed by atoms with Crippen LogP contribution in [0.2, 0.25) is 5.02 Å². The number of aromatic amines is 1. The van der Waals surface area contributed by atoms with E-state index in [4.69, 9.17) is 22.1 Å². The molecular formula is C17H15ClN4O2S. The van der Waals surface area contributed by atoms with Crippen LogP contribution in [0.25, 0.3) is 0 Å². The highest BCUT2D eigenvalue weighted by molar-refractivity contribution is 7.98. The molecule has 1 heterocycles. The van der Waals surface area contributed by atoms with Gasteiger partial charge in [-0.2, -0.15) is 0 Å². The number of aromatic nitrogens is 3. The van der Waals surface area contributed by atoms with E-state index >= 15 is 0 Å². The molecule has 3 aromatic rings. The van der Waals surface area contributed by atoms with Crippen LogP contribution in [0, 0.1) is 0 Å². The summed E-state index contributed by atoms with van der Waals surface area (Å²) in [6.07, 6.45) is 0. The van der Waals surface area contributed by atoms with Crippen LogP contribution in [-0.4, -0.2) is 21.1 Å². The van der Waals surface area contributed by atoms with Crippen molar-refractivity contribution in [1.29, 1.82) is 0 Å². The minimum absolute atomic E-state index is 0.284. The summed E-state index contributed by atoms with van der Waals surface area (Å²) < 4.78 is 5.61. The van der Waals surface area contributed by atoms with Gasteiger partial charge in [-0.1, -0.05) is 35.5 Å². The summed E-state index contributed by atoms with van der Waals surface area (Å²) in [5.74, 6) is 1.53. The summed E-state index contributed by atoms with van der Waals surface area (Å²) in [6.45, 7) is 0.284. The number of ether oxygens (including phenoxy) is 1. The highest BCUT2D eigenvalue weighted by Gasteiger charge is 2.07. The fourth-order valence-corrected chi connectivity index (χ4v) is 2.94. The Morgan fingerprint density at radius 3 is 2.80 bits per heavy atom. The van der Waals surface area contributed by atoms with E-state index in [9.17, 15) is 4.79 Å². The number of primary amides is 1. The maximum atomic E-state index is 11.2. The highest BCUT2D eigenvalue weighted by atomic mass is 35.5. The van der Waals surface area contributed by atoms with Gasteiger partial charge >= 0.3 is 0 Å². The van der Waals surface area contributed by atoms with E-state index in [-0.39, 0.29) is 6.61 Å². The molecule has 0 saturated carbocycles. The van der Waals surface area contributed by atoms with Gasteiger partial charge in [0.05, 0.1) is 0 Å². The predicted molar refractivity (Wildman–Crippen MR) is 96.7 cm³/mol. The fraction of sp³-hybridized carbons (Fsp3) is 0.118. The number of H-pyrrole nitrogens is 1. The molecule has 3 N–H and O–H groups in total. The molecule has 0 radical (unpaired) electrons. The average Bonchev–Trinajstić information content (AvgIpc) is 3.08. The molecule has 128 valence electrons. The van der Waals surface area contributed by atoms with Gasteiger partial charge < -0.3 is 10.5 Å². The molecule has 6 nitrogen and oxygen atoms in total. The first-order valence-corrected chi connectivity index (χ1v) is 8.78. The zero-order valence-electron chi connectivity index (χ0n) is 13.1. The van der Waals surface area contributed by atoms with Crippen molar-refractivity contribution in [1.82, 2.24) is 15.2 Å². The van der Waals surface area contributed by atoms with Crippen LogP contribution in [-0.2, 0) is 12.4 Å². The Kier molecular flexibility index (Phi) is 5.57. The molecule has 1 amide bonds. The predicted octanol–water partition coefficient (Wildman–Crippen LogP) is 3.43. The topological polar surface area (TPSA) is 93.9 Å². The zero-order valence-corrected chi connectivity index (χ0v) is 14.7. The Morgan fingerprint density at radius 1 is 1.24 bits per heavy atom. The molecule has 0 saturated heterocycles. The number of amides is 1. The van der Waals surface area contributed by atoms with Crippen molar-refractivity contribution in [3.63, 3.8) is 0 Å². The van der Waals surface area contributed by atoms with Gasteiger partial charge in [0.2, 0.25) is 11.1 Å². The molecule has 0 spiro atoms. The van der Waals surface area contributed by atoms with E-state index in [2.05, 4.69) is 15.2 Å². The molecule has 0 aliphatic carbocycles. The lowest BCUT2D eigenvalue weighted by Crippen LogP contribution is -2.10. The van der Waals surface area contributed by atoms with Gasteiger partial charge in [0.25, 0.3) is 0 Å². The van der Waals surface area contributed by atoms with Gasteiger partial charge in [0.15, 0.2) is 5.82 Å². The van der Waals surface area contributed by atoms with E-state index in [0.29, 0.717) is 33.1 Å². The number of hydrogen-bond acceptors (Lipinski definition) is 5. The van der Waals surface area contributed by atoms with Gasteiger partial charge in [-0.25, -0.2) is 4.98 Å². The normalized spacial score (nSPS) is 10.6. The number of thioether (sulfide) groups is 1. The smallest absolute Gasteiger partial charge is 0.248 e. The van der Waals surface area contributed by atoms with Crippen molar-refractivity contribution in [2.24, 2.45) is 5.73 Å². The number of hydrogen-bond donors (Lipinski definition) is 2. The quantitative estimate of drug-likeness (QED) is 0.618. The van der Waals surface area contributed by atoms with Crippen molar-refractivity contribution in [3.05, 3.63) is 70.5 Å². The number of nitrogens with zero attached hydrogens (tertiary/aromatic N) is 2. The lowest BCUT2D eigenvalue weighted by atomic mass is 10.1. The minimum Gasteiger partial charge on any atom is -0.486 e. The van der Waals surface area contributed by atoms with Gasteiger partial charge in [-0.15, -0.1) is 5.10 Å². The van der Waals surface area contributed by atoms with E-state index in [1.807, 2.05) is 6.07 Å². The number of nitrogens with one attached hydrogen (secondary N) is 1. The molecule has 8 heteroatoms.